The van der Waals surface area contributed by atoms with Gasteiger partial charge in [0.2, 0.25) is 0 Å². The van der Waals surface area contributed by atoms with Gasteiger partial charge in [-0.1, -0.05) is 37.6 Å². The molecule has 1 aromatic heterocycles. The molecule has 0 radical (unpaired) electrons. The summed E-state index contributed by atoms with van der Waals surface area (Å²) in [7, 11) is 0. The second kappa shape index (κ2) is 7.99. The Kier molecular flexibility index (Phi) is 6.01. The molecule has 0 aliphatic carbocycles. The third-order valence-electron chi connectivity index (χ3n) is 3.53. The number of nitrogens with zero attached hydrogens (tertiary/aromatic N) is 2. The fraction of sp³-hybridized carbons (Fsp3) is 0.412. The summed E-state index contributed by atoms with van der Waals surface area (Å²) in [4.78, 5) is 8.17. The molecule has 2 aromatic rings. The zero-order valence-corrected chi connectivity index (χ0v) is 14.1. The van der Waals surface area contributed by atoms with Crippen LogP contribution in [0.25, 0.3) is 0 Å². The van der Waals surface area contributed by atoms with Crippen molar-refractivity contribution in [1.82, 2.24) is 9.97 Å². The lowest BCUT2D eigenvalue weighted by molar-refractivity contribution is 0.329. The normalized spacial score (nSPS) is 10.5. The summed E-state index contributed by atoms with van der Waals surface area (Å²) in [5.74, 6) is 1.60. The first kappa shape index (κ1) is 16.6. The number of hydrogen-bond donors (Lipinski definition) is 1. The van der Waals surface area contributed by atoms with E-state index in [9.17, 15) is 0 Å². The third kappa shape index (κ3) is 4.10. The van der Waals surface area contributed by atoms with E-state index in [-0.39, 0.29) is 0 Å². The molecule has 5 heteroatoms. The zero-order valence-electron chi connectivity index (χ0n) is 13.3. The maximum Gasteiger partial charge on any atom is 0.148 e. The molecule has 0 spiro atoms. The average molecular weight is 320 g/mol. The fourth-order valence-electron chi connectivity index (χ4n) is 2.18. The van der Waals surface area contributed by atoms with Crippen LogP contribution in [-0.2, 0) is 12.8 Å². The molecule has 2 rings (SSSR count). The summed E-state index contributed by atoms with van der Waals surface area (Å²) in [6, 6.07) is 6.39. The smallest absolute Gasteiger partial charge is 0.148 e. The molecule has 0 unspecified atom stereocenters. The van der Waals surface area contributed by atoms with Gasteiger partial charge in [0, 0.05) is 0 Å². The summed E-state index contributed by atoms with van der Waals surface area (Å²) in [6.45, 7) is 7.34. The summed E-state index contributed by atoms with van der Waals surface area (Å²) in [5.41, 5.74) is 3.35. The maximum atomic E-state index is 6.14. The van der Waals surface area contributed by atoms with Crippen LogP contribution in [0.3, 0.4) is 0 Å². The van der Waals surface area contributed by atoms with Crippen molar-refractivity contribution in [1.29, 1.82) is 0 Å². The van der Waals surface area contributed by atoms with Crippen molar-refractivity contribution in [3.63, 3.8) is 0 Å². The highest BCUT2D eigenvalue weighted by Crippen LogP contribution is 2.22. The van der Waals surface area contributed by atoms with Crippen LogP contribution >= 0.6 is 11.6 Å². The highest BCUT2D eigenvalue weighted by Gasteiger charge is 2.06. The molecule has 4 nitrogen and oxygen atoms in total. The monoisotopic (exact) mass is 319 g/mol. The van der Waals surface area contributed by atoms with Gasteiger partial charge in [-0.2, -0.15) is 0 Å². The van der Waals surface area contributed by atoms with Gasteiger partial charge in [-0.15, -0.1) is 0 Å². The van der Waals surface area contributed by atoms with Crippen molar-refractivity contribution >= 4 is 17.4 Å². The lowest BCUT2D eigenvalue weighted by atomic mass is 10.1. The van der Waals surface area contributed by atoms with E-state index >= 15 is 0 Å². The first-order valence-corrected chi connectivity index (χ1v) is 7.99. The number of aromatic nitrogens is 2. The van der Waals surface area contributed by atoms with Crippen molar-refractivity contribution in [2.45, 2.75) is 33.6 Å². The van der Waals surface area contributed by atoms with E-state index in [1.54, 1.807) is 0 Å². The van der Waals surface area contributed by atoms with Gasteiger partial charge in [0.15, 0.2) is 0 Å². The Bertz CT molecular complexity index is 631. The van der Waals surface area contributed by atoms with Crippen LogP contribution in [0.1, 0.15) is 30.7 Å². The Morgan fingerprint density at radius 2 is 2.00 bits per heavy atom. The van der Waals surface area contributed by atoms with E-state index in [4.69, 9.17) is 16.3 Å². The van der Waals surface area contributed by atoms with Gasteiger partial charge >= 0.3 is 0 Å². The number of halogens is 1. The minimum Gasteiger partial charge on any atom is -0.491 e. The third-order valence-corrected chi connectivity index (χ3v) is 3.98. The Balaban J connectivity index is 1.90. The van der Waals surface area contributed by atoms with Crippen molar-refractivity contribution in [2.75, 3.05) is 18.5 Å². The molecule has 22 heavy (non-hydrogen) atoms. The van der Waals surface area contributed by atoms with Crippen LogP contribution in [0, 0.1) is 6.92 Å². The lowest BCUT2D eigenvalue weighted by Crippen LogP contribution is -2.13. The summed E-state index contributed by atoms with van der Waals surface area (Å²) in [6.07, 6.45) is 3.51. The molecule has 0 aliphatic heterocycles. The van der Waals surface area contributed by atoms with Gasteiger partial charge < -0.3 is 10.1 Å². The van der Waals surface area contributed by atoms with Crippen molar-refractivity contribution < 1.29 is 4.74 Å². The second-order valence-electron chi connectivity index (χ2n) is 5.05. The molecule has 0 saturated heterocycles. The molecule has 1 aromatic carbocycles. The van der Waals surface area contributed by atoms with Crippen LogP contribution in [0.4, 0.5) is 5.82 Å². The molecule has 0 atom stereocenters. The van der Waals surface area contributed by atoms with Gasteiger partial charge in [-0.3, -0.25) is 0 Å². The number of rotatable bonds is 7. The van der Waals surface area contributed by atoms with E-state index in [0.717, 1.165) is 24.3 Å². The Morgan fingerprint density at radius 1 is 1.18 bits per heavy atom. The van der Waals surface area contributed by atoms with Gasteiger partial charge in [0.1, 0.15) is 29.5 Å². The fourth-order valence-corrected chi connectivity index (χ4v) is 2.35. The Labute approximate surface area is 136 Å². The van der Waals surface area contributed by atoms with Gasteiger partial charge in [0.25, 0.3) is 0 Å². The largest absolute Gasteiger partial charge is 0.491 e. The van der Waals surface area contributed by atoms with Crippen LogP contribution < -0.4 is 10.1 Å². The van der Waals surface area contributed by atoms with E-state index in [1.165, 1.54) is 17.5 Å². The van der Waals surface area contributed by atoms with Crippen LogP contribution in [0.15, 0.2) is 24.5 Å². The van der Waals surface area contributed by atoms with Crippen molar-refractivity contribution in [3.05, 3.63) is 46.4 Å². The molecular formula is C17H22ClN3O. The SMILES string of the molecule is CCc1ccc(OCCNc2ncnc(C)c2Cl)c(CC)c1. The van der Waals surface area contributed by atoms with Crippen molar-refractivity contribution in [3.8, 4) is 5.75 Å². The van der Waals surface area contributed by atoms with E-state index < -0.39 is 0 Å². The predicted molar refractivity (Wildman–Crippen MR) is 91.0 cm³/mol. The second-order valence-corrected chi connectivity index (χ2v) is 5.42. The summed E-state index contributed by atoms with van der Waals surface area (Å²) >= 11 is 6.14. The number of anilines is 1. The van der Waals surface area contributed by atoms with E-state index in [0.29, 0.717) is 24.0 Å². The average Bonchev–Trinajstić information content (AvgIpc) is 2.55. The van der Waals surface area contributed by atoms with Gasteiger partial charge in [-0.25, -0.2) is 9.97 Å². The molecule has 0 saturated carbocycles. The Morgan fingerprint density at radius 3 is 2.73 bits per heavy atom. The number of hydrogen-bond acceptors (Lipinski definition) is 4. The van der Waals surface area contributed by atoms with Gasteiger partial charge in [-0.05, 0) is 37.0 Å². The molecule has 1 heterocycles. The number of benzene rings is 1. The first-order chi connectivity index (χ1) is 10.7. The number of nitrogens with one attached hydrogen (secondary N) is 1. The molecule has 0 fully saturated rings. The quantitative estimate of drug-likeness (QED) is 0.782. The highest BCUT2D eigenvalue weighted by atomic mass is 35.5. The summed E-state index contributed by atoms with van der Waals surface area (Å²) in [5, 5.41) is 3.74. The molecule has 1 N–H and O–H groups in total. The topological polar surface area (TPSA) is 47.0 Å². The molecule has 118 valence electrons. The van der Waals surface area contributed by atoms with Crippen LogP contribution in [-0.4, -0.2) is 23.1 Å². The van der Waals surface area contributed by atoms with E-state index in [1.807, 2.05) is 6.92 Å². The first-order valence-electron chi connectivity index (χ1n) is 7.61. The Hall–Kier alpha value is -1.81. The highest BCUT2D eigenvalue weighted by molar-refractivity contribution is 6.33. The van der Waals surface area contributed by atoms with Crippen LogP contribution in [0.2, 0.25) is 5.02 Å². The molecule has 0 aliphatic rings. The standard InChI is InChI=1S/C17H22ClN3O/c1-4-13-6-7-15(14(5-2)10-13)22-9-8-19-17-16(18)12(3)20-11-21-17/h6-7,10-11H,4-5,8-9H2,1-3H3,(H,19,20,21). The molecular weight excluding hydrogens is 298 g/mol. The van der Waals surface area contributed by atoms with Crippen molar-refractivity contribution in [2.24, 2.45) is 0 Å². The minimum atomic E-state index is 0.553. The molecule has 0 bridgehead atoms. The minimum absolute atomic E-state index is 0.553. The predicted octanol–water partition coefficient (Wildman–Crippen LogP) is 4.05. The number of aryl methyl sites for hydroxylation is 3. The zero-order chi connectivity index (χ0) is 15.9. The number of ether oxygens (including phenoxy) is 1. The van der Waals surface area contributed by atoms with E-state index in [2.05, 4.69) is 47.3 Å². The molecule has 0 amide bonds. The van der Waals surface area contributed by atoms with Gasteiger partial charge in [0.05, 0.1) is 12.2 Å². The van der Waals surface area contributed by atoms with Crippen LogP contribution in [0.5, 0.6) is 5.75 Å². The maximum absolute atomic E-state index is 6.14. The lowest BCUT2D eigenvalue weighted by Gasteiger charge is -2.13. The summed E-state index contributed by atoms with van der Waals surface area (Å²) < 4.78 is 5.87.